The van der Waals surface area contributed by atoms with E-state index in [4.69, 9.17) is 5.11 Å². The molecule has 1 aromatic rings. The number of likely N-dealkylation sites (tertiary alicyclic amines) is 1. The van der Waals surface area contributed by atoms with Crippen molar-refractivity contribution >= 4 is 0 Å². The van der Waals surface area contributed by atoms with Crippen molar-refractivity contribution in [1.29, 1.82) is 0 Å². The normalized spacial score (nSPS) is 22.5. The summed E-state index contributed by atoms with van der Waals surface area (Å²) in [4.78, 5) is 6.81. The second-order valence-corrected chi connectivity index (χ2v) is 4.50. The van der Waals surface area contributed by atoms with Gasteiger partial charge in [0.25, 0.3) is 0 Å². The lowest BCUT2D eigenvalue weighted by atomic mass is 9.97. The fraction of sp³-hybridized carbons (Fsp3) is 0.818. The van der Waals surface area contributed by atoms with Crippen molar-refractivity contribution in [3.63, 3.8) is 0 Å². The highest BCUT2D eigenvalue weighted by atomic mass is 16.3. The molecule has 0 bridgehead atoms. The predicted molar refractivity (Wildman–Crippen MR) is 61.2 cm³/mol. The van der Waals surface area contributed by atoms with Gasteiger partial charge < -0.3 is 10.0 Å². The standard InChI is InChI=1S/C11H20N4O/c1-9-12-11(14-13-9)10-4-2-5-15(8-10)6-3-7-16/h10,16H,2-8H2,1H3,(H,12,13,14). The summed E-state index contributed by atoms with van der Waals surface area (Å²) in [6, 6.07) is 0. The zero-order valence-corrected chi connectivity index (χ0v) is 9.82. The first-order valence-electron chi connectivity index (χ1n) is 6.01. The third kappa shape index (κ3) is 2.80. The summed E-state index contributed by atoms with van der Waals surface area (Å²) in [6.07, 6.45) is 3.23. The largest absolute Gasteiger partial charge is 0.396 e. The van der Waals surface area contributed by atoms with E-state index in [-0.39, 0.29) is 6.61 Å². The van der Waals surface area contributed by atoms with Crippen molar-refractivity contribution in [2.24, 2.45) is 0 Å². The lowest BCUT2D eigenvalue weighted by Gasteiger charge is -2.31. The molecule has 1 saturated heterocycles. The molecule has 5 nitrogen and oxygen atoms in total. The molecule has 0 radical (unpaired) electrons. The Labute approximate surface area is 95.9 Å². The molecule has 1 aliphatic heterocycles. The Morgan fingerprint density at radius 3 is 3.12 bits per heavy atom. The van der Waals surface area contributed by atoms with Crippen LogP contribution in [0.4, 0.5) is 0 Å². The van der Waals surface area contributed by atoms with Crippen LogP contribution in [0.1, 0.15) is 36.8 Å². The topological polar surface area (TPSA) is 65.0 Å². The summed E-state index contributed by atoms with van der Waals surface area (Å²) < 4.78 is 0. The third-order valence-corrected chi connectivity index (χ3v) is 3.12. The highest BCUT2D eigenvalue weighted by Crippen LogP contribution is 2.24. The van der Waals surface area contributed by atoms with Crippen LogP contribution in [-0.2, 0) is 0 Å². The van der Waals surface area contributed by atoms with E-state index in [0.717, 1.165) is 37.7 Å². The van der Waals surface area contributed by atoms with E-state index in [1.807, 2.05) is 6.92 Å². The van der Waals surface area contributed by atoms with Gasteiger partial charge in [0.05, 0.1) is 0 Å². The maximum atomic E-state index is 8.83. The smallest absolute Gasteiger partial charge is 0.155 e. The Morgan fingerprint density at radius 1 is 1.56 bits per heavy atom. The lowest BCUT2D eigenvalue weighted by Crippen LogP contribution is -2.35. The summed E-state index contributed by atoms with van der Waals surface area (Å²) in [7, 11) is 0. The van der Waals surface area contributed by atoms with Crippen molar-refractivity contribution in [3.05, 3.63) is 11.6 Å². The number of H-pyrrole nitrogens is 1. The van der Waals surface area contributed by atoms with Crippen LogP contribution in [0.15, 0.2) is 0 Å². The Hall–Kier alpha value is -0.940. The van der Waals surface area contributed by atoms with Crippen molar-refractivity contribution < 1.29 is 5.11 Å². The molecule has 1 unspecified atom stereocenters. The fourth-order valence-corrected chi connectivity index (χ4v) is 2.31. The molecule has 90 valence electrons. The molecule has 0 saturated carbocycles. The molecular formula is C11H20N4O. The van der Waals surface area contributed by atoms with E-state index in [0.29, 0.717) is 5.92 Å². The summed E-state index contributed by atoms with van der Waals surface area (Å²) >= 11 is 0. The molecule has 1 fully saturated rings. The van der Waals surface area contributed by atoms with Crippen LogP contribution in [0.2, 0.25) is 0 Å². The molecule has 1 aromatic heterocycles. The van der Waals surface area contributed by atoms with Crippen LogP contribution in [-0.4, -0.2) is 51.4 Å². The highest BCUT2D eigenvalue weighted by molar-refractivity contribution is 4.99. The van der Waals surface area contributed by atoms with Gasteiger partial charge >= 0.3 is 0 Å². The second-order valence-electron chi connectivity index (χ2n) is 4.50. The van der Waals surface area contributed by atoms with Gasteiger partial charge in [0.2, 0.25) is 0 Å². The maximum Gasteiger partial charge on any atom is 0.155 e. The molecule has 0 aliphatic carbocycles. The fourth-order valence-electron chi connectivity index (χ4n) is 2.31. The molecule has 1 aliphatic rings. The Morgan fingerprint density at radius 2 is 2.44 bits per heavy atom. The van der Waals surface area contributed by atoms with Crippen LogP contribution >= 0.6 is 0 Å². The molecule has 2 rings (SSSR count). The molecule has 0 spiro atoms. The number of piperidine rings is 1. The van der Waals surface area contributed by atoms with Crippen LogP contribution in [0.5, 0.6) is 0 Å². The third-order valence-electron chi connectivity index (χ3n) is 3.12. The van der Waals surface area contributed by atoms with Gasteiger partial charge in [-0.2, -0.15) is 5.10 Å². The summed E-state index contributed by atoms with van der Waals surface area (Å²) in [5.74, 6) is 2.30. The SMILES string of the molecule is Cc1nc(C2CCCN(CCCO)C2)n[nH]1. The number of hydrogen-bond donors (Lipinski definition) is 2. The quantitative estimate of drug-likeness (QED) is 0.789. The van der Waals surface area contributed by atoms with Crippen LogP contribution in [0, 0.1) is 6.92 Å². The van der Waals surface area contributed by atoms with Gasteiger partial charge in [-0.1, -0.05) is 0 Å². The number of rotatable bonds is 4. The van der Waals surface area contributed by atoms with E-state index < -0.39 is 0 Å². The van der Waals surface area contributed by atoms with Crippen LogP contribution < -0.4 is 0 Å². The van der Waals surface area contributed by atoms with Gasteiger partial charge in [0.15, 0.2) is 5.82 Å². The molecule has 5 heteroatoms. The van der Waals surface area contributed by atoms with E-state index in [2.05, 4.69) is 20.1 Å². The van der Waals surface area contributed by atoms with E-state index in [9.17, 15) is 0 Å². The number of aliphatic hydroxyl groups excluding tert-OH is 1. The minimum Gasteiger partial charge on any atom is -0.396 e. The van der Waals surface area contributed by atoms with Crippen molar-refractivity contribution in [2.45, 2.75) is 32.1 Å². The Bertz CT molecular complexity index is 326. The van der Waals surface area contributed by atoms with Gasteiger partial charge in [-0.3, -0.25) is 5.10 Å². The van der Waals surface area contributed by atoms with Gasteiger partial charge in [0.1, 0.15) is 5.82 Å². The van der Waals surface area contributed by atoms with E-state index in [1.165, 1.54) is 12.8 Å². The minimum atomic E-state index is 0.279. The lowest BCUT2D eigenvalue weighted by molar-refractivity contribution is 0.182. The van der Waals surface area contributed by atoms with Crippen LogP contribution in [0.3, 0.4) is 0 Å². The van der Waals surface area contributed by atoms with Gasteiger partial charge in [-0.25, -0.2) is 4.98 Å². The van der Waals surface area contributed by atoms with E-state index >= 15 is 0 Å². The first-order chi connectivity index (χ1) is 7.79. The molecule has 16 heavy (non-hydrogen) atoms. The number of hydrogen-bond acceptors (Lipinski definition) is 4. The van der Waals surface area contributed by atoms with Gasteiger partial charge in [0, 0.05) is 25.6 Å². The number of aromatic nitrogens is 3. The first kappa shape index (κ1) is 11.5. The predicted octanol–water partition coefficient (Wildman–Crippen LogP) is 0.675. The second kappa shape index (κ2) is 5.41. The molecule has 0 amide bonds. The Kier molecular flexibility index (Phi) is 3.90. The summed E-state index contributed by atoms with van der Waals surface area (Å²) in [5.41, 5.74) is 0. The van der Waals surface area contributed by atoms with Crippen molar-refractivity contribution in [2.75, 3.05) is 26.2 Å². The number of aromatic amines is 1. The molecule has 2 heterocycles. The number of nitrogens with zero attached hydrogens (tertiary/aromatic N) is 3. The number of nitrogens with one attached hydrogen (secondary N) is 1. The highest BCUT2D eigenvalue weighted by Gasteiger charge is 2.23. The molecule has 2 N–H and O–H groups in total. The number of aryl methyl sites for hydroxylation is 1. The summed E-state index contributed by atoms with van der Waals surface area (Å²) in [5, 5.41) is 16.0. The monoisotopic (exact) mass is 224 g/mol. The van der Waals surface area contributed by atoms with Crippen molar-refractivity contribution in [3.8, 4) is 0 Å². The number of aliphatic hydroxyl groups is 1. The molecular weight excluding hydrogens is 204 g/mol. The zero-order valence-electron chi connectivity index (χ0n) is 9.82. The molecule has 1 atom stereocenters. The van der Waals surface area contributed by atoms with Crippen molar-refractivity contribution in [1.82, 2.24) is 20.1 Å². The Balaban J connectivity index is 1.91. The zero-order chi connectivity index (χ0) is 11.4. The first-order valence-corrected chi connectivity index (χ1v) is 6.01. The summed E-state index contributed by atoms with van der Waals surface area (Å²) in [6.45, 7) is 5.36. The van der Waals surface area contributed by atoms with Crippen LogP contribution in [0.25, 0.3) is 0 Å². The maximum absolute atomic E-state index is 8.83. The average Bonchev–Trinajstić information content (AvgIpc) is 2.74. The van der Waals surface area contributed by atoms with Gasteiger partial charge in [-0.15, -0.1) is 0 Å². The average molecular weight is 224 g/mol. The van der Waals surface area contributed by atoms with E-state index in [1.54, 1.807) is 0 Å². The molecule has 0 aromatic carbocycles. The minimum absolute atomic E-state index is 0.279. The van der Waals surface area contributed by atoms with Gasteiger partial charge in [-0.05, 0) is 32.7 Å².